The topological polar surface area (TPSA) is 92.0 Å². The molecule has 0 bridgehead atoms. The van der Waals surface area contributed by atoms with Crippen LogP contribution in [0, 0.1) is 11.3 Å². The van der Waals surface area contributed by atoms with Gasteiger partial charge >= 0.3 is 0 Å². The smallest absolute Gasteiger partial charge is 0.236 e. The van der Waals surface area contributed by atoms with E-state index < -0.39 is 0 Å². The first-order chi connectivity index (χ1) is 16.4. The lowest BCUT2D eigenvalue weighted by atomic mass is 9.76. The van der Waals surface area contributed by atoms with Crippen LogP contribution in [0.5, 0.6) is 0 Å². The van der Waals surface area contributed by atoms with Crippen molar-refractivity contribution in [3.63, 3.8) is 0 Å². The van der Waals surface area contributed by atoms with Gasteiger partial charge in [0.25, 0.3) is 0 Å². The van der Waals surface area contributed by atoms with E-state index in [0.717, 1.165) is 51.7 Å². The highest BCUT2D eigenvalue weighted by Crippen LogP contribution is 2.49. The predicted molar refractivity (Wildman–Crippen MR) is 125 cm³/mol. The van der Waals surface area contributed by atoms with Crippen LogP contribution in [-0.4, -0.2) is 89.2 Å². The summed E-state index contributed by atoms with van der Waals surface area (Å²) in [5.41, 5.74) is 0.0626. The van der Waals surface area contributed by atoms with Crippen LogP contribution in [0.1, 0.15) is 69.7 Å². The van der Waals surface area contributed by atoms with Crippen molar-refractivity contribution in [1.82, 2.24) is 24.9 Å². The number of carbonyl (C=O) groups is 2. The number of nitrogens with zero attached hydrogens (tertiary/aromatic N) is 5. The Morgan fingerprint density at radius 3 is 2.41 bits per heavy atom. The van der Waals surface area contributed by atoms with Crippen molar-refractivity contribution in [2.45, 2.75) is 57.9 Å². The van der Waals surface area contributed by atoms with Crippen LogP contribution >= 0.6 is 0 Å². The average molecular weight is 472 g/mol. The molecule has 1 aliphatic carbocycles. The Bertz CT molecular complexity index is 906. The largest absolute Gasteiger partial charge is 0.423 e. The number of likely N-dealkylation sites (tertiary alicyclic amines) is 2. The maximum atomic E-state index is 13.1. The van der Waals surface area contributed by atoms with Crippen molar-refractivity contribution in [1.29, 1.82) is 0 Å². The maximum absolute atomic E-state index is 13.1. The summed E-state index contributed by atoms with van der Waals surface area (Å²) in [4.78, 5) is 32.2. The number of hydrogen-bond donors (Lipinski definition) is 0. The van der Waals surface area contributed by atoms with Crippen LogP contribution in [0.2, 0.25) is 0 Å². The van der Waals surface area contributed by atoms with Gasteiger partial charge in [0, 0.05) is 44.6 Å². The van der Waals surface area contributed by atoms with Crippen molar-refractivity contribution in [2.24, 2.45) is 11.3 Å². The zero-order valence-electron chi connectivity index (χ0n) is 20.4. The molecule has 0 radical (unpaired) electrons. The van der Waals surface area contributed by atoms with Crippen molar-refractivity contribution in [3.8, 4) is 0 Å². The quantitative estimate of drug-likeness (QED) is 0.609. The zero-order valence-corrected chi connectivity index (χ0v) is 20.4. The average Bonchev–Trinajstić information content (AvgIpc) is 3.61. The summed E-state index contributed by atoms with van der Waals surface area (Å²) in [6.45, 7) is 9.31. The second-order valence-electron chi connectivity index (χ2n) is 10.7. The number of rotatable bonds is 5. The number of ether oxygens (including phenoxy) is 1. The zero-order chi connectivity index (χ0) is 23.7. The Morgan fingerprint density at radius 1 is 1.06 bits per heavy atom. The van der Waals surface area contributed by atoms with E-state index in [2.05, 4.69) is 32.1 Å². The molecule has 186 valence electrons. The summed E-state index contributed by atoms with van der Waals surface area (Å²) in [5.74, 6) is 1.98. The summed E-state index contributed by atoms with van der Waals surface area (Å²) in [6.07, 6.45) is 8.76. The summed E-state index contributed by atoms with van der Waals surface area (Å²) in [6, 6.07) is -0.0636. The van der Waals surface area contributed by atoms with E-state index in [0.29, 0.717) is 50.5 Å². The highest BCUT2D eigenvalue weighted by atomic mass is 16.5. The van der Waals surface area contributed by atoms with Crippen LogP contribution in [0.15, 0.2) is 16.6 Å². The van der Waals surface area contributed by atoms with Gasteiger partial charge in [-0.05, 0) is 37.5 Å². The van der Waals surface area contributed by atoms with Crippen LogP contribution in [0.25, 0.3) is 0 Å². The van der Waals surface area contributed by atoms with Gasteiger partial charge < -0.3 is 19.0 Å². The first-order valence-corrected chi connectivity index (χ1v) is 12.8. The molecule has 0 saturated carbocycles. The second kappa shape index (κ2) is 9.77. The van der Waals surface area contributed by atoms with Crippen molar-refractivity contribution in [2.75, 3.05) is 52.5 Å². The molecule has 1 aromatic rings. The molecule has 1 unspecified atom stereocenters. The van der Waals surface area contributed by atoms with Gasteiger partial charge in [-0.1, -0.05) is 26.0 Å². The summed E-state index contributed by atoms with van der Waals surface area (Å²) < 4.78 is 11.5. The number of hydrogen-bond acceptors (Lipinski definition) is 7. The minimum Gasteiger partial charge on any atom is -0.423 e. The van der Waals surface area contributed by atoms with E-state index in [1.165, 1.54) is 0 Å². The fourth-order valence-corrected chi connectivity index (χ4v) is 5.90. The van der Waals surface area contributed by atoms with Crippen molar-refractivity contribution >= 4 is 11.8 Å². The van der Waals surface area contributed by atoms with Crippen LogP contribution in [0.3, 0.4) is 0 Å². The van der Waals surface area contributed by atoms with Gasteiger partial charge in [-0.25, -0.2) is 0 Å². The number of allylic oxidation sites excluding steroid dienone is 2. The molecule has 5 rings (SSSR count). The Balaban J connectivity index is 1.29. The normalized spacial score (nSPS) is 25.7. The molecule has 0 aromatic carbocycles. The van der Waals surface area contributed by atoms with Crippen molar-refractivity contribution < 1.29 is 18.7 Å². The molecule has 3 saturated heterocycles. The van der Waals surface area contributed by atoms with Crippen molar-refractivity contribution in [3.05, 3.63) is 23.9 Å². The van der Waals surface area contributed by atoms with Gasteiger partial charge in [-0.3, -0.25) is 14.5 Å². The van der Waals surface area contributed by atoms with E-state index in [4.69, 9.17) is 9.15 Å². The lowest BCUT2D eigenvalue weighted by Crippen LogP contribution is -2.47. The van der Waals surface area contributed by atoms with Crippen LogP contribution < -0.4 is 0 Å². The summed E-state index contributed by atoms with van der Waals surface area (Å²) >= 11 is 0. The third-order valence-corrected chi connectivity index (χ3v) is 8.04. The lowest BCUT2D eigenvalue weighted by molar-refractivity contribution is -0.137. The fourth-order valence-electron chi connectivity index (χ4n) is 5.90. The Hall–Kier alpha value is -2.26. The van der Waals surface area contributed by atoms with Crippen LogP contribution in [-0.2, 0) is 14.3 Å². The van der Waals surface area contributed by atoms with E-state index in [1.54, 1.807) is 0 Å². The fraction of sp³-hybridized carbons (Fsp3) is 0.760. The molecular weight excluding hydrogens is 434 g/mol. The summed E-state index contributed by atoms with van der Waals surface area (Å²) in [7, 11) is 0. The SMILES string of the molecule is CC(C)c1nnc(C2CC3(CCN(C(=O)C4CC=CC4)CC3)CN2CC(=O)N2CCOCC2)o1. The standard InChI is InChI=1S/C25H37N5O4/c1-18(2)22-26-27-23(34-22)20-15-25(17-30(20)16-21(31)28-11-13-33-14-12-28)7-9-29(10-8-25)24(32)19-5-3-4-6-19/h3-4,18-20H,5-17H2,1-2H3. The molecule has 2 amide bonds. The van der Waals surface area contributed by atoms with Gasteiger partial charge in [0.1, 0.15) is 0 Å². The molecule has 9 nitrogen and oxygen atoms in total. The number of carbonyl (C=O) groups excluding carboxylic acids is 2. The molecular formula is C25H37N5O4. The minimum absolute atomic E-state index is 0.0626. The first-order valence-electron chi connectivity index (χ1n) is 12.8. The lowest BCUT2D eigenvalue weighted by Gasteiger charge is -2.40. The monoisotopic (exact) mass is 471 g/mol. The van der Waals surface area contributed by atoms with Crippen LogP contribution in [0.4, 0.5) is 0 Å². The van der Waals surface area contributed by atoms with Gasteiger partial charge in [0.2, 0.25) is 23.6 Å². The highest BCUT2D eigenvalue weighted by molar-refractivity contribution is 5.80. The maximum Gasteiger partial charge on any atom is 0.236 e. The van der Waals surface area contributed by atoms with Gasteiger partial charge in [-0.15, -0.1) is 10.2 Å². The molecule has 9 heteroatoms. The van der Waals surface area contributed by atoms with E-state index in [-0.39, 0.29) is 29.2 Å². The Kier molecular flexibility index (Phi) is 6.75. The molecule has 3 fully saturated rings. The van der Waals surface area contributed by atoms with Gasteiger partial charge in [0.15, 0.2) is 0 Å². The molecule has 3 aliphatic heterocycles. The molecule has 0 N–H and O–H groups in total. The predicted octanol–water partition coefficient (Wildman–Crippen LogP) is 2.37. The third-order valence-electron chi connectivity index (χ3n) is 8.04. The van der Waals surface area contributed by atoms with E-state index in [1.807, 2.05) is 18.7 Å². The molecule has 4 aliphatic rings. The number of piperidine rings is 1. The summed E-state index contributed by atoms with van der Waals surface area (Å²) in [5, 5.41) is 8.65. The Morgan fingerprint density at radius 2 is 1.76 bits per heavy atom. The molecule has 1 aromatic heterocycles. The highest BCUT2D eigenvalue weighted by Gasteiger charge is 2.49. The molecule has 34 heavy (non-hydrogen) atoms. The Labute approximate surface area is 201 Å². The molecule has 4 heterocycles. The van der Waals surface area contributed by atoms with Gasteiger partial charge in [0.05, 0.1) is 25.8 Å². The van der Waals surface area contributed by atoms with E-state index in [9.17, 15) is 9.59 Å². The molecule has 1 atom stereocenters. The molecule has 1 spiro atoms. The number of amides is 2. The first kappa shape index (κ1) is 23.5. The van der Waals surface area contributed by atoms with E-state index >= 15 is 0 Å². The minimum atomic E-state index is -0.0636. The second-order valence-corrected chi connectivity index (χ2v) is 10.7. The van der Waals surface area contributed by atoms with Gasteiger partial charge in [-0.2, -0.15) is 0 Å². The number of morpholine rings is 1. The number of aromatic nitrogens is 2. The third kappa shape index (κ3) is 4.77.